The van der Waals surface area contributed by atoms with Gasteiger partial charge in [-0.2, -0.15) is 5.10 Å². The first-order valence-corrected chi connectivity index (χ1v) is 9.06. The molecule has 0 aliphatic carbocycles. The first-order chi connectivity index (χ1) is 13.1. The molecule has 1 fully saturated rings. The van der Waals surface area contributed by atoms with Crippen LogP contribution in [0.3, 0.4) is 0 Å². The highest BCUT2D eigenvalue weighted by atomic mass is 16.6. The van der Waals surface area contributed by atoms with Gasteiger partial charge >= 0.3 is 0 Å². The number of anilines is 2. The van der Waals surface area contributed by atoms with E-state index in [2.05, 4.69) is 15.1 Å². The highest BCUT2D eigenvalue weighted by Crippen LogP contribution is 2.34. The second kappa shape index (κ2) is 7.30. The van der Waals surface area contributed by atoms with E-state index < -0.39 is 0 Å². The second-order valence-electron chi connectivity index (χ2n) is 6.78. The lowest BCUT2D eigenvalue weighted by atomic mass is 10.1. The Balaban J connectivity index is 1.45. The van der Waals surface area contributed by atoms with Crippen molar-refractivity contribution in [2.45, 2.75) is 0 Å². The van der Waals surface area contributed by atoms with E-state index in [1.54, 1.807) is 12.3 Å². The molecule has 1 saturated heterocycles. The Labute approximate surface area is 158 Å². The molecule has 0 spiro atoms. The number of fused-ring (bicyclic) bond motifs is 1. The highest BCUT2D eigenvalue weighted by molar-refractivity contribution is 5.98. The Morgan fingerprint density at radius 1 is 1.11 bits per heavy atom. The fourth-order valence-electron chi connectivity index (χ4n) is 3.30. The Morgan fingerprint density at radius 3 is 2.67 bits per heavy atom. The number of benzene rings is 1. The molecule has 1 amide bonds. The summed E-state index contributed by atoms with van der Waals surface area (Å²) in [6, 6.07) is 7.48. The molecule has 27 heavy (non-hydrogen) atoms. The van der Waals surface area contributed by atoms with E-state index >= 15 is 0 Å². The zero-order chi connectivity index (χ0) is 18.8. The van der Waals surface area contributed by atoms with E-state index in [1.165, 1.54) is 0 Å². The summed E-state index contributed by atoms with van der Waals surface area (Å²) >= 11 is 0. The summed E-state index contributed by atoms with van der Waals surface area (Å²) in [6.07, 6.45) is 1.74. The summed E-state index contributed by atoms with van der Waals surface area (Å²) < 4.78 is 11.3. The van der Waals surface area contributed by atoms with E-state index in [4.69, 9.17) is 9.47 Å². The smallest absolute Gasteiger partial charge is 0.257 e. The topological polar surface area (TPSA) is 71.0 Å². The molecule has 1 aromatic heterocycles. The normalized spacial score (nSPS) is 16.2. The summed E-state index contributed by atoms with van der Waals surface area (Å²) in [5.41, 5.74) is 1.57. The van der Waals surface area contributed by atoms with Crippen molar-refractivity contribution in [1.29, 1.82) is 0 Å². The van der Waals surface area contributed by atoms with Gasteiger partial charge in [-0.05, 0) is 12.1 Å². The van der Waals surface area contributed by atoms with Gasteiger partial charge in [-0.1, -0.05) is 6.07 Å². The van der Waals surface area contributed by atoms with Gasteiger partial charge in [-0.25, -0.2) is 0 Å². The van der Waals surface area contributed by atoms with Crippen molar-refractivity contribution >= 4 is 17.4 Å². The molecule has 142 valence electrons. The number of amides is 1. The molecule has 8 heteroatoms. The number of ether oxygens (including phenoxy) is 2. The predicted octanol–water partition coefficient (Wildman–Crippen LogP) is 1.28. The average Bonchev–Trinajstić information content (AvgIpc) is 2.73. The lowest BCUT2D eigenvalue weighted by Crippen LogP contribution is -2.49. The van der Waals surface area contributed by atoms with Crippen LogP contribution in [0.25, 0.3) is 0 Å². The fraction of sp³-hybridized carbons (Fsp3) is 0.421. The largest absolute Gasteiger partial charge is 0.486 e. The first-order valence-electron chi connectivity index (χ1n) is 9.06. The number of piperazine rings is 1. The van der Waals surface area contributed by atoms with Gasteiger partial charge in [0.1, 0.15) is 13.2 Å². The number of carbonyl (C=O) groups is 1. The maximum atomic E-state index is 13.0. The van der Waals surface area contributed by atoms with E-state index in [1.807, 2.05) is 42.1 Å². The highest BCUT2D eigenvalue weighted by Gasteiger charge is 2.27. The van der Waals surface area contributed by atoms with Crippen molar-refractivity contribution in [3.8, 4) is 11.5 Å². The molecule has 1 aromatic carbocycles. The van der Waals surface area contributed by atoms with Gasteiger partial charge in [0.05, 0.1) is 17.4 Å². The van der Waals surface area contributed by atoms with Crippen molar-refractivity contribution in [2.24, 2.45) is 0 Å². The van der Waals surface area contributed by atoms with Crippen LogP contribution >= 0.6 is 0 Å². The Kier molecular flexibility index (Phi) is 4.70. The molecule has 3 heterocycles. The molecule has 0 unspecified atom stereocenters. The Bertz CT molecular complexity index is 834. The molecule has 0 N–H and O–H groups in total. The van der Waals surface area contributed by atoms with Crippen LogP contribution in [-0.2, 0) is 0 Å². The molecule has 2 aliphatic rings. The van der Waals surface area contributed by atoms with E-state index in [0.29, 0.717) is 56.5 Å². The zero-order valence-corrected chi connectivity index (χ0v) is 15.6. The summed E-state index contributed by atoms with van der Waals surface area (Å²) in [5, 5.41) is 8.33. The summed E-state index contributed by atoms with van der Waals surface area (Å²) in [7, 11) is 3.95. The minimum Gasteiger partial charge on any atom is -0.486 e. The summed E-state index contributed by atoms with van der Waals surface area (Å²) in [5.74, 6) is 2.01. The molecule has 4 rings (SSSR count). The van der Waals surface area contributed by atoms with Crippen molar-refractivity contribution in [2.75, 3.05) is 63.3 Å². The van der Waals surface area contributed by atoms with Crippen LogP contribution in [-0.4, -0.2) is 74.5 Å². The minimum atomic E-state index is -0.0230. The molecular weight excluding hydrogens is 346 g/mol. The summed E-state index contributed by atoms with van der Waals surface area (Å²) in [6.45, 7) is 3.64. The molecule has 0 saturated carbocycles. The van der Waals surface area contributed by atoms with Gasteiger partial charge in [0, 0.05) is 46.3 Å². The third-order valence-corrected chi connectivity index (χ3v) is 4.83. The number of rotatable bonds is 3. The average molecular weight is 369 g/mol. The SMILES string of the molecule is CN(C)c1cnnc(N2CCN(C(=O)c3cccc4c3OCCO4)CC2)c1. The zero-order valence-electron chi connectivity index (χ0n) is 15.6. The number of hydrogen-bond acceptors (Lipinski definition) is 7. The predicted molar refractivity (Wildman–Crippen MR) is 102 cm³/mol. The van der Waals surface area contributed by atoms with Crippen LogP contribution in [0.15, 0.2) is 30.5 Å². The maximum Gasteiger partial charge on any atom is 0.257 e. The monoisotopic (exact) mass is 369 g/mol. The van der Waals surface area contributed by atoms with Gasteiger partial charge in [-0.3, -0.25) is 4.79 Å². The number of hydrogen-bond donors (Lipinski definition) is 0. The molecule has 8 nitrogen and oxygen atoms in total. The molecule has 0 radical (unpaired) electrons. The molecule has 2 aliphatic heterocycles. The minimum absolute atomic E-state index is 0.0230. The van der Waals surface area contributed by atoms with Crippen LogP contribution in [0.2, 0.25) is 0 Å². The third-order valence-electron chi connectivity index (χ3n) is 4.83. The third kappa shape index (κ3) is 3.47. The lowest BCUT2D eigenvalue weighted by Gasteiger charge is -2.35. The molecule has 0 bridgehead atoms. The standard InChI is InChI=1S/C19H23N5O3/c1-22(2)14-12-17(21-20-13-14)23-6-8-24(9-7-23)19(25)15-4-3-5-16-18(15)27-11-10-26-16/h3-5,12-13H,6-11H2,1-2H3. The Hall–Kier alpha value is -3.03. The van der Waals surface area contributed by atoms with Gasteiger partial charge < -0.3 is 24.2 Å². The molecule has 0 atom stereocenters. The second-order valence-corrected chi connectivity index (χ2v) is 6.78. The quantitative estimate of drug-likeness (QED) is 0.807. The van der Waals surface area contributed by atoms with Gasteiger partial charge in [-0.15, -0.1) is 5.10 Å². The van der Waals surface area contributed by atoms with Crippen LogP contribution in [0.4, 0.5) is 11.5 Å². The Morgan fingerprint density at radius 2 is 1.89 bits per heavy atom. The number of carbonyl (C=O) groups excluding carboxylic acids is 1. The summed E-state index contributed by atoms with van der Waals surface area (Å²) in [4.78, 5) is 19.0. The van der Waals surface area contributed by atoms with E-state index in [9.17, 15) is 4.79 Å². The van der Waals surface area contributed by atoms with Crippen molar-refractivity contribution < 1.29 is 14.3 Å². The van der Waals surface area contributed by atoms with Crippen molar-refractivity contribution in [3.05, 3.63) is 36.0 Å². The van der Waals surface area contributed by atoms with Gasteiger partial charge in [0.25, 0.3) is 5.91 Å². The van der Waals surface area contributed by atoms with E-state index in [0.717, 1.165) is 11.5 Å². The van der Waals surface area contributed by atoms with Crippen LogP contribution in [0, 0.1) is 0 Å². The van der Waals surface area contributed by atoms with Crippen LogP contribution in [0.5, 0.6) is 11.5 Å². The van der Waals surface area contributed by atoms with Crippen LogP contribution < -0.4 is 19.3 Å². The van der Waals surface area contributed by atoms with E-state index in [-0.39, 0.29) is 5.91 Å². The van der Waals surface area contributed by atoms with Crippen molar-refractivity contribution in [1.82, 2.24) is 15.1 Å². The van der Waals surface area contributed by atoms with Gasteiger partial charge in [0.15, 0.2) is 17.3 Å². The van der Waals surface area contributed by atoms with Gasteiger partial charge in [0.2, 0.25) is 0 Å². The van der Waals surface area contributed by atoms with Crippen LogP contribution in [0.1, 0.15) is 10.4 Å². The molecule has 2 aromatic rings. The molecular formula is C19H23N5O3. The lowest BCUT2D eigenvalue weighted by molar-refractivity contribution is 0.0736. The fourth-order valence-corrected chi connectivity index (χ4v) is 3.30. The maximum absolute atomic E-state index is 13.0. The first kappa shape index (κ1) is 17.4. The number of nitrogens with zero attached hydrogens (tertiary/aromatic N) is 5. The number of aromatic nitrogens is 2. The van der Waals surface area contributed by atoms with Crippen molar-refractivity contribution in [3.63, 3.8) is 0 Å². The number of para-hydroxylation sites is 1.